The minimum atomic E-state index is -4.66. The van der Waals surface area contributed by atoms with Gasteiger partial charge in [-0.2, -0.15) is 21.6 Å². The fourth-order valence-electron chi connectivity index (χ4n) is 3.37. The number of rotatable bonds is 8. The number of anilines is 1. The van der Waals surface area contributed by atoms with Crippen molar-refractivity contribution in [1.29, 1.82) is 0 Å². The van der Waals surface area contributed by atoms with Gasteiger partial charge in [0.2, 0.25) is 4.34 Å². The molecule has 2 aromatic carbocycles. The second-order valence-electron chi connectivity index (χ2n) is 7.80. The number of halogens is 3. The van der Waals surface area contributed by atoms with Crippen molar-refractivity contribution in [3.8, 4) is 17.1 Å². The number of alkyl halides is 3. The first-order chi connectivity index (χ1) is 17.0. The smallest absolute Gasteiger partial charge is 0.439 e. The summed E-state index contributed by atoms with van der Waals surface area (Å²) in [6, 6.07) is 8.50. The molecule has 0 unspecified atom stereocenters. The molecule has 0 aliphatic rings. The van der Waals surface area contributed by atoms with Gasteiger partial charge in [-0.1, -0.05) is 29.4 Å². The number of nitrogens with one attached hydrogen (secondary N) is 1. The largest absolute Gasteiger partial charge is 0.487 e. The Morgan fingerprint density at radius 3 is 2.44 bits per heavy atom. The minimum Gasteiger partial charge on any atom is -0.487 e. The van der Waals surface area contributed by atoms with Crippen molar-refractivity contribution >= 4 is 27.0 Å². The number of thiazole rings is 1. The third-order valence-electron chi connectivity index (χ3n) is 4.94. The maximum absolute atomic E-state index is 13.5. The molecule has 0 atom stereocenters. The molecular formula is C22H19F3N4O5S2. The first-order valence-electron chi connectivity index (χ1n) is 10.4. The van der Waals surface area contributed by atoms with Crippen molar-refractivity contribution in [3.05, 3.63) is 75.7 Å². The van der Waals surface area contributed by atoms with Crippen molar-refractivity contribution in [2.75, 3.05) is 4.31 Å². The molecule has 4 aromatic rings. The van der Waals surface area contributed by atoms with Crippen molar-refractivity contribution in [3.63, 3.8) is 0 Å². The molecule has 0 spiro atoms. The van der Waals surface area contributed by atoms with E-state index in [4.69, 9.17) is 4.74 Å². The van der Waals surface area contributed by atoms with E-state index < -0.39 is 33.6 Å². The lowest BCUT2D eigenvalue weighted by atomic mass is 10.1. The van der Waals surface area contributed by atoms with Crippen LogP contribution in [0.25, 0.3) is 11.4 Å². The van der Waals surface area contributed by atoms with Gasteiger partial charge in [-0.25, -0.2) is 9.78 Å². The van der Waals surface area contributed by atoms with Gasteiger partial charge >= 0.3 is 11.9 Å². The highest BCUT2D eigenvalue weighted by Crippen LogP contribution is 2.40. The van der Waals surface area contributed by atoms with Gasteiger partial charge in [0, 0.05) is 23.2 Å². The van der Waals surface area contributed by atoms with Crippen LogP contribution in [0.4, 0.5) is 18.9 Å². The van der Waals surface area contributed by atoms with E-state index in [1.807, 2.05) is 0 Å². The molecule has 14 heteroatoms. The van der Waals surface area contributed by atoms with Crippen LogP contribution in [0.5, 0.6) is 5.75 Å². The fourth-order valence-corrected chi connectivity index (χ4v) is 5.95. The molecule has 1 N–H and O–H groups in total. The molecule has 2 heterocycles. The number of nitrogens with zero attached hydrogens (tertiary/aromatic N) is 3. The quantitative estimate of drug-likeness (QED) is 0.345. The number of hydrogen-bond acceptors (Lipinski definition) is 8. The number of ether oxygens (including phenoxy) is 1. The maximum Gasteiger partial charge on any atom is 0.439 e. The van der Waals surface area contributed by atoms with Crippen molar-refractivity contribution in [2.24, 2.45) is 0 Å². The van der Waals surface area contributed by atoms with E-state index in [0.29, 0.717) is 11.1 Å². The van der Waals surface area contributed by atoms with Gasteiger partial charge in [0.25, 0.3) is 10.0 Å². The molecule has 190 valence electrons. The summed E-state index contributed by atoms with van der Waals surface area (Å²) in [5, 5.41) is 5.08. The molecule has 0 aliphatic carbocycles. The van der Waals surface area contributed by atoms with E-state index in [-0.39, 0.29) is 28.2 Å². The Hall–Kier alpha value is -3.65. The van der Waals surface area contributed by atoms with Crippen LogP contribution in [0.2, 0.25) is 0 Å². The van der Waals surface area contributed by atoms with E-state index in [0.717, 1.165) is 33.8 Å². The average Bonchev–Trinajstić information content (AvgIpc) is 3.50. The molecule has 36 heavy (non-hydrogen) atoms. The standard InChI is InChI=1S/C22H19F3N4O5S2/c1-13(2)29(36(31,32)21-26-9-10-35-21)17-8-7-16(22(23,24)25)11-18(17)33-12-14-3-5-15(6-4-14)19-27-20(30)34-28-19/h3-11,13H,12H2,1-2H3,(H,27,28,30). The zero-order chi connectivity index (χ0) is 26.1. The Morgan fingerprint density at radius 2 is 1.89 bits per heavy atom. The number of hydrogen-bond donors (Lipinski definition) is 1. The maximum atomic E-state index is 13.5. The molecule has 0 saturated heterocycles. The summed E-state index contributed by atoms with van der Waals surface area (Å²) in [6.45, 7) is 3.03. The Balaban J connectivity index is 1.68. The number of sulfonamides is 1. The van der Waals surface area contributed by atoms with Crippen LogP contribution in [0.1, 0.15) is 25.0 Å². The van der Waals surface area contributed by atoms with E-state index in [1.165, 1.54) is 11.6 Å². The zero-order valence-electron chi connectivity index (χ0n) is 18.8. The highest BCUT2D eigenvalue weighted by molar-refractivity contribution is 7.94. The fraction of sp³-hybridized carbons (Fsp3) is 0.227. The van der Waals surface area contributed by atoms with Gasteiger partial charge in [0.15, 0.2) is 5.82 Å². The van der Waals surface area contributed by atoms with E-state index >= 15 is 0 Å². The van der Waals surface area contributed by atoms with Crippen LogP contribution in [0, 0.1) is 0 Å². The summed E-state index contributed by atoms with van der Waals surface area (Å²) >= 11 is 0.899. The lowest BCUT2D eigenvalue weighted by Gasteiger charge is -2.29. The van der Waals surface area contributed by atoms with E-state index in [1.54, 1.807) is 38.1 Å². The van der Waals surface area contributed by atoms with Crippen molar-refractivity contribution in [2.45, 2.75) is 37.0 Å². The Kier molecular flexibility index (Phi) is 6.91. The Bertz CT molecular complexity index is 1500. The second kappa shape index (κ2) is 9.78. The van der Waals surface area contributed by atoms with Gasteiger partial charge in [-0.3, -0.25) is 13.8 Å². The first-order valence-corrected chi connectivity index (χ1v) is 12.7. The van der Waals surface area contributed by atoms with E-state index in [9.17, 15) is 26.4 Å². The molecule has 0 saturated carbocycles. The van der Waals surface area contributed by atoms with Crippen molar-refractivity contribution < 1.29 is 30.8 Å². The Labute approximate surface area is 207 Å². The third-order valence-corrected chi connectivity index (χ3v) is 8.11. The predicted molar refractivity (Wildman–Crippen MR) is 125 cm³/mol. The normalized spacial score (nSPS) is 12.2. The van der Waals surface area contributed by atoms with Gasteiger partial charge in [-0.05, 0) is 37.6 Å². The zero-order valence-corrected chi connectivity index (χ0v) is 20.4. The third kappa shape index (κ3) is 5.28. The molecule has 2 aromatic heterocycles. The molecule has 0 aliphatic heterocycles. The van der Waals surface area contributed by atoms with Crippen LogP contribution in [0.3, 0.4) is 0 Å². The first kappa shape index (κ1) is 25.4. The SMILES string of the molecule is CC(C)N(c1ccc(C(F)(F)F)cc1OCc1ccc(-c2noc(=O)[nH]2)cc1)S(=O)(=O)c1nccs1. The van der Waals surface area contributed by atoms with Crippen molar-refractivity contribution in [1.82, 2.24) is 15.1 Å². The van der Waals surface area contributed by atoms with Gasteiger partial charge in [-0.15, -0.1) is 11.3 Å². The number of H-pyrrole nitrogens is 1. The molecule has 0 bridgehead atoms. The topological polar surface area (TPSA) is 118 Å². The molecule has 0 fully saturated rings. The lowest BCUT2D eigenvalue weighted by molar-refractivity contribution is -0.137. The Morgan fingerprint density at radius 1 is 1.17 bits per heavy atom. The summed E-state index contributed by atoms with van der Waals surface area (Å²) < 4.78 is 77.9. The minimum absolute atomic E-state index is 0.0509. The predicted octanol–water partition coefficient (Wildman–Crippen LogP) is 4.69. The number of aromatic nitrogens is 3. The van der Waals surface area contributed by atoms with Crippen LogP contribution in [-0.4, -0.2) is 29.6 Å². The van der Waals surface area contributed by atoms with E-state index in [2.05, 4.69) is 19.6 Å². The van der Waals surface area contributed by atoms with Gasteiger partial charge in [0.05, 0.1) is 11.3 Å². The van der Waals surface area contributed by atoms with Gasteiger partial charge < -0.3 is 4.74 Å². The molecule has 4 rings (SSSR count). The monoisotopic (exact) mass is 540 g/mol. The summed E-state index contributed by atoms with van der Waals surface area (Å²) in [5.41, 5.74) is 0.0867. The molecular weight excluding hydrogens is 521 g/mol. The summed E-state index contributed by atoms with van der Waals surface area (Å²) in [5.74, 6) is -0.756. The number of benzene rings is 2. The lowest BCUT2D eigenvalue weighted by Crippen LogP contribution is -2.37. The molecule has 0 amide bonds. The van der Waals surface area contributed by atoms with Crippen LogP contribution in [-0.2, 0) is 22.8 Å². The highest BCUT2D eigenvalue weighted by atomic mass is 32.2. The number of aromatic amines is 1. The molecule has 9 nitrogen and oxygen atoms in total. The highest BCUT2D eigenvalue weighted by Gasteiger charge is 2.35. The van der Waals surface area contributed by atoms with Gasteiger partial charge in [0.1, 0.15) is 12.4 Å². The van der Waals surface area contributed by atoms with Crippen LogP contribution >= 0.6 is 11.3 Å². The summed E-state index contributed by atoms with van der Waals surface area (Å²) in [7, 11) is -4.16. The summed E-state index contributed by atoms with van der Waals surface area (Å²) in [4.78, 5) is 17.4. The van der Waals surface area contributed by atoms with Crippen LogP contribution in [0.15, 0.2) is 67.7 Å². The second-order valence-corrected chi connectivity index (χ2v) is 10.7. The summed E-state index contributed by atoms with van der Waals surface area (Å²) in [6.07, 6.45) is -3.33. The van der Waals surface area contributed by atoms with Crippen LogP contribution < -0.4 is 14.8 Å². The average molecular weight is 541 g/mol. The molecule has 0 radical (unpaired) electrons.